The average Bonchev–Trinajstić information content (AvgIpc) is 2.92. The predicted octanol–water partition coefficient (Wildman–Crippen LogP) is 5.78. The van der Waals surface area contributed by atoms with Gasteiger partial charge in [0, 0.05) is 32.7 Å². The molecule has 0 bridgehead atoms. The van der Waals surface area contributed by atoms with Crippen LogP contribution in [0.5, 0.6) is 0 Å². The summed E-state index contributed by atoms with van der Waals surface area (Å²) in [6.45, 7) is 12.1. The summed E-state index contributed by atoms with van der Waals surface area (Å²) < 4.78 is 18.5. The van der Waals surface area contributed by atoms with E-state index in [1.807, 2.05) is 20.8 Å². The number of hydrogen-bond acceptors (Lipinski definition) is 5. The molecule has 1 aliphatic heterocycles. The maximum atomic E-state index is 6.27. The van der Waals surface area contributed by atoms with Gasteiger partial charge in [-0.15, -0.1) is 0 Å². The zero-order valence-corrected chi connectivity index (χ0v) is 18.6. The Kier molecular flexibility index (Phi) is 12.2. The molecule has 0 fully saturated rings. The van der Waals surface area contributed by atoms with E-state index in [1.54, 1.807) is 0 Å². The number of aliphatic imine (C=N–C) groups is 1. The van der Waals surface area contributed by atoms with Gasteiger partial charge in [-0.2, -0.15) is 0 Å². The van der Waals surface area contributed by atoms with Crippen LogP contribution in [0.25, 0.3) is 0 Å². The fourth-order valence-corrected chi connectivity index (χ4v) is 3.87. The van der Waals surface area contributed by atoms with Gasteiger partial charge in [-0.1, -0.05) is 58.8 Å². The van der Waals surface area contributed by atoms with Crippen LogP contribution in [0.3, 0.4) is 0 Å². The van der Waals surface area contributed by atoms with E-state index in [0.29, 0.717) is 19.8 Å². The minimum atomic E-state index is -1.07. The highest BCUT2D eigenvalue weighted by Gasteiger charge is 2.59. The van der Waals surface area contributed by atoms with Crippen LogP contribution < -0.4 is 5.32 Å². The zero-order chi connectivity index (χ0) is 20.0. The summed E-state index contributed by atoms with van der Waals surface area (Å²) >= 11 is 0. The Labute approximate surface area is 167 Å². The first-order valence-corrected chi connectivity index (χ1v) is 11.4. The second-order valence-corrected chi connectivity index (χ2v) is 7.37. The first-order valence-electron chi connectivity index (χ1n) is 11.4. The fourth-order valence-electron chi connectivity index (χ4n) is 3.87. The summed E-state index contributed by atoms with van der Waals surface area (Å²) in [5.74, 6) is -0.134. The van der Waals surface area contributed by atoms with E-state index in [9.17, 15) is 0 Å². The van der Waals surface area contributed by atoms with Crippen LogP contribution in [0.4, 0.5) is 0 Å². The highest BCUT2D eigenvalue weighted by molar-refractivity contribution is 5.85. The Hall–Kier alpha value is -0.650. The van der Waals surface area contributed by atoms with Crippen LogP contribution in [0, 0.1) is 0 Å². The fraction of sp³-hybridized carbons (Fsp3) is 0.955. The molecular formula is C22H44N2O3. The van der Waals surface area contributed by atoms with Crippen LogP contribution in [0.15, 0.2) is 4.99 Å². The van der Waals surface area contributed by atoms with E-state index in [1.165, 1.54) is 44.9 Å². The summed E-state index contributed by atoms with van der Waals surface area (Å²) in [4.78, 5) is 4.85. The Balaban J connectivity index is 2.74. The van der Waals surface area contributed by atoms with Gasteiger partial charge in [0.05, 0.1) is 0 Å². The number of rotatable bonds is 17. The molecule has 5 heteroatoms. The molecule has 5 nitrogen and oxygen atoms in total. The van der Waals surface area contributed by atoms with Crippen molar-refractivity contribution in [2.75, 3.05) is 19.8 Å². The second-order valence-electron chi connectivity index (χ2n) is 7.37. The van der Waals surface area contributed by atoms with Crippen molar-refractivity contribution in [2.45, 2.75) is 117 Å². The molecule has 1 aliphatic rings. The van der Waals surface area contributed by atoms with Gasteiger partial charge in [0.25, 0.3) is 0 Å². The van der Waals surface area contributed by atoms with Gasteiger partial charge in [-0.05, 0) is 33.6 Å². The number of unbranched alkanes of at least 4 members (excludes halogenated alkanes) is 7. The van der Waals surface area contributed by atoms with Crippen LogP contribution in [-0.4, -0.2) is 37.3 Å². The molecule has 1 atom stereocenters. The van der Waals surface area contributed by atoms with Crippen molar-refractivity contribution in [3.05, 3.63) is 0 Å². The number of nitrogens with zero attached hydrogens (tertiary/aromatic N) is 1. The van der Waals surface area contributed by atoms with Gasteiger partial charge in [0.1, 0.15) is 5.84 Å². The van der Waals surface area contributed by atoms with Crippen molar-refractivity contribution in [1.82, 2.24) is 5.32 Å². The van der Waals surface area contributed by atoms with Gasteiger partial charge in [0.2, 0.25) is 5.72 Å². The van der Waals surface area contributed by atoms with Gasteiger partial charge >= 0.3 is 5.91 Å². The molecule has 0 aromatic heterocycles. The Morgan fingerprint density at radius 1 is 0.704 bits per heavy atom. The normalized spacial score (nSPS) is 21.3. The standard InChI is InChI=1S/C22H44N2O3/c1-6-11-12-13-14-15-16-17-19-21(25-8-3)22(26-9-4,27-10-5)24-20(23-21)18-7-2/h6-19H2,1-5H3,(H,23,24). The van der Waals surface area contributed by atoms with Crippen LogP contribution in [-0.2, 0) is 14.2 Å². The van der Waals surface area contributed by atoms with Crippen LogP contribution in [0.2, 0.25) is 0 Å². The predicted molar refractivity (Wildman–Crippen MR) is 113 cm³/mol. The molecule has 0 saturated heterocycles. The molecule has 0 saturated carbocycles. The largest absolute Gasteiger partial charge is 0.349 e. The molecule has 1 heterocycles. The lowest BCUT2D eigenvalue weighted by atomic mass is 9.99. The summed E-state index contributed by atoms with van der Waals surface area (Å²) in [6, 6.07) is 0. The van der Waals surface area contributed by atoms with Crippen molar-refractivity contribution in [2.24, 2.45) is 4.99 Å². The second kappa shape index (κ2) is 13.5. The third kappa shape index (κ3) is 7.03. The minimum absolute atomic E-state index is 0.539. The number of nitrogens with one attached hydrogen (secondary N) is 1. The minimum Gasteiger partial charge on any atom is -0.349 e. The van der Waals surface area contributed by atoms with Crippen molar-refractivity contribution >= 4 is 5.84 Å². The topological polar surface area (TPSA) is 52.1 Å². The summed E-state index contributed by atoms with van der Waals surface area (Å²) in [7, 11) is 0. The Morgan fingerprint density at radius 2 is 1.26 bits per heavy atom. The van der Waals surface area contributed by atoms with Crippen molar-refractivity contribution in [1.29, 1.82) is 0 Å². The van der Waals surface area contributed by atoms with Gasteiger partial charge in [-0.25, -0.2) is 4.99 Å². The SMILES string of the molecule is CCCCCCCCCCC1(OCC)NC(CCC)=NC1(OCC)OCC. The summed E-state index contributed by atoms with van der Waals surface area (Å²) in [6.07, 6.45) is 13.0. The molecule has 0 radical (unpaired) electrons. The van der Waals surface area contributed by atoms with E-state index >= 15 is 0 Å². The van der Waals surface area contributed by atoms with Gasteiger partial charge in [-0.3, -0.25) is 0 Å². The Bertz CT molecular complexity index is 408. The van der Waals surface area contributed by atoms with Crippen molar-refractivity contribution in [3.63, 3.8) is 0 Å². The van der Waals surface area contributed by atoms with E-state index in [4.69, 9.17) is 19.2 Å². The molecule has 160 valence electrons. The lowest BCUT2D eigenvalue weighted by molar-refractivity contribution is -0.325. The molecule has 0 aromatic carbocycles. The highest BCUT2D eigenvalue weighted by Crippen LogP contribution is 2.40. The zero-order valence-electron chi connectivity index (χ0n) is 18.6. The van der Waals surface area contributed by atoms with Crippen LogP contribution in [0.1, 0.15) is 105 Å². The van der Waals surface area contributed by atoms with E-state index in [2.05, 4.69) is 19.2 Å². The maximum absolute atomic E-state index is 6.27. The Morgan fingerprint density at radius 3 is 1.78 bits per heavy atom. The van der Waals surface area contributed by atoms with Gasteiger partial charge < -0.3 is 19.5 Å². The average molecular weight is 385 g/mol. The van der Waals surface area contributed by atoms with E-state index in [0.717, 1.165) is 31.5 Å². The monoisotopic (exact) mass is 384 g/mol. The highest BCUT2D eigenvalue weighted by atomic mass is 16.7. The quantitative estimate of drug-likeness (QED) is 0.255. The summed E-state index contributed by atoms with van der Waals surface area (Å²) in [5, 5.41) is 3.56. The van der Waals surface area contributed by atoms with Crippen molar-refractivity contribution in [3.8, 4) is 0 Å². The number of ether oxygens (including phenoxy) is 3. The first kappa shape index (κ1) is 24.4. The number of amidine groups is 1. The molecule has 0 amide bonds. The molecule has 1 N–H and O–H groups in total. The van der Waals surface area contributed by atoms with E-state index in [-0.39, 0.29) is 0 Å². The van der Waals surface area contributed by atoms with Gasteiger partial charge in [0.15, 0.2) is 0 Å². The molecule has 0 spiro atoms. The first-order chi connectivity index (χ1) is 13.1. The molecule has 1 rings (SSSR count). The number of hydrogen-bond donors (Lipinski definition) is 1. The van der Waals surface area contributed by atoms with Crippen LogP contribution >= 0.6 is 0 Å². The van der Waals surface area contributed by atoms with Crippen molar-refractivity contribution < 1.29 is 14.2 Å². The van der Waals surface area contributed by atoms with E-state index < -0.39 is 11.6 Å². The smallest absolute Gasteiger partial charge is 0.321 e. The lowest BCUT2D eigenvalue weighted by Gasteiger charge is -2.42. The molecule has 0 aliphatic carbocycles. The lowest BCUT2D eigenvalue weighted by Crippen LogP contribution is -2.62. The third-order valence-electron chi connectivity index (χ3n) is 5.08. The molecular weight excluding hydrogens is 340 g/mol. The molecule has 0 aromatic rings. The summed E-state index contributed by atoms with van der Waals surface area (Å²) in [5.41, 5.74) is -0.722. The third-order valence-corrected chi connectivity index (χ3v) is 5.08. The molecule has 27 heavy (non-hydrogen) atoms. The molecule has 1 unspecified atom stereocenters. The maximum Gasteiger partial charge on any atom is 0.321 e.